The first-order chi connectivity index (χ1) is 14.6. The first kappa shape index (κ1) is 23.6. The second kappa shape index (κ2) is 9.58. The fourth-order valence-electron chi connectivity index (χ4n) is 4.70. The minimum Gasteiger partial charge on any atom is -0.466 e. The molecule has 1 aromatic heterocycles. The Labute approximate surface area is 186 Å². The molecule has 6 nitrogen and oxygen atoms in total. The molecule has 172 valence electrons. The van der Waals surface area contributed by atoms with Crippen LogP contribution in [0.5, 0.6) is 0 Å². The number of nitrogens with zero attached hydrogens (tertiary/aromatic N) is 2. The zero-order chi connectivity index (χ0) is 22.8. The summed E-state index contributed by atoms with van der Waals surface area (Å²) in [5.41, 5.74) is 1.54. The van der Waals surface area contributed by atoms with E-state index in [1.54, 1.807) is 4.90 Å². The zero-order valence-corrected chi connectivity index (χ0v) is 19.9. The second-order valence-electron chi connectivity index (χ2n) is 10.6. The minimum atomic E-state index is -0.548. The molecular weight excluding hydrogens is 392 g/mol. The van der Waals surface area contributed by atoms with Gasteiger partial charge in [0, 0.05) is 12.2 Å². The average Bonchev–Trinajstić information content (AvgIpc) is 2.62. The molecule has 1 atom stereocenters. The minimum absolute atomic E-state index is 0.0256. The van der Waals surface area contributed by atoms with Crippen molar-refractivity contribution in [3.05, 3.63) is 23.4 Å². The Balaban J connectivity index is 1.74. The van der Waals surface area contributed by atoms with E-state index in [0.717, 1.165) is 49.2 Å². The van der Waals surface area contributed by atoms with Crippen LogP contribution in [-0.4, -0.2) is 35.8 Å². The van der Waals surface area contributed by atoms with Crippen LogP contribution < -0.4 is 4.90 Å². The number of carbonyl (C=O) groups excluding carboxylic acids is 2. The lowest BCUT2D eigenvalue weighted by Gasteiger charge is -2.36. The van der Waals surface area contributed by atoms with Gasteiger partial charge in [-0.15, -0.1) is 0 Å². The van der Waals surface area contributed by atoms with Gasteiger partial charge in [0.25, 0.3) is 0 Å². The van der Waals surface area contributed by atoms with Gasteiger partial charge in [-0.1, -0.05) is 19.9 Å². The maximum absolute atomic E-state index is 13.0. The van der Waals surface area contributed by atoms with E-state index in [2.05, 4.69) is 26.0 Å². The molecule has 1 aromatic rings. The van der Waals surface area contributed by atoms with Gasteiger partial charge >= 0.3 is 12.1 Å². The Morgan fingerprint density at radius 1 is 1.19 bits per heavy atom. The number of ether oxygens (including phenoxy) is 2. The fraction of sp³-hybridized carbons (Fsp3) is 0.720. The lowest BCUT2D eigenvalue weighted by Crippen LogP contribution is -2.44. The Morgan fingerprint density at radius 3 is 2.52 bits per heavy atom. The van der Waals surface area contributed by atoms with E-state index in [1.165, 1.54) is 0 Å². The predicted octanol–water partition coefficient (Wildman–Crippen LogP) is 5.17. The maximum atomic E-state index is 13.0. The molecule has 0 bridgehead atoms. The topological polar surface area (TPSA) is 68.7 Å². The third kappa shape index (κ3) is 6.20. The molecule has 0 aromatic carbocycles. The van der Waals surface area contributed by atoms with Crippen molar-refractivity contribution in [1.82, 2.24) is 4.98 Å². The van der Waals surface area contributed by atoms with Crippen molar-refractivity contribution >= 4 is 17.9 Å². The highest BCUT2D eigenvalue weighted by atomic mass is 16.6. The quantitative estimate of drug-likeness (QED) is 0.582. The van der Waals surface area contributed by atoms with E-state index in [1.807, 2.05) is 27.7 Å². The van der Waals surface area contributed by atoms with Crippen molar-refractivity contribution in [3.63, 3.8) is 0 Å². The summed E-state index contributed by atoms with van der Waals surface area (Å²) in [6.07, 6.45) is 4.21. The van der Waals surface area contributed by atoms with Crippen LogP contribution in [-0.2, 0) is 27.1 Å². The van der Waals surface area contributed by atoms with Crippen molar-refractivity contribution in [2.45, 2.75) is 79.2 Å². The van der Waals surface area contributed by atoms with Crippen molar-refractivity contribution in [2.24, 2.45) is 23.7 Å². The Bertz CT molecular complexity index is 793. The average molecular weight is 431 g/mol. The molecule has 3 rings (SSSR count). The number of hydrogen-bond acceptors (Lipinski definition) is 5. The van der Waals surface area contributed by atoms with Crippen molar-refractivity contribution in [2.75, 3.05) is 18.1 Å². The highest BCUT2D eigenvalue weighted by Gasteiger charge is 2.37. The van der Waals surface area contributed by atoms with E-state index in [4.69, 9.17) is 14.5 Å². The van der Waals surface area contributed by atoms with Gasteiger partial charge in [0.15, 0.2) is 0 Å². The van der Waals surface area contributed by atoms with E-state index >= 15 is 0 Å². The van der Waals surface area contributed by atoms with E-state index in [9.17, 15) is 9.59 Å². The largest absolute Gasteiger partial charge is 0.466 e. The summed E-state index contributed by atoms with van der Waals surface area (Å²) in [6, 6.07) is 4.21. The Hall–Kier alpha value is -2.11. The SMILES string of the molecule is CCOC(=O)C1CC(Cc2ccc3c(n2)N(C(=O)OC(C)(C)C)CC(CC(C)C)C3)C1. The molecule has 0 radical (unpaired) electrons. The highest BCUT2D eigenvalue weighted by Crippen LogP contribution is 2.38. The van der Waals surface area contributed by atoms with Gasteiger partial charge in [0.05, 0.1) is 12.5 Å². The van der Waals surface area contributed by atoms with Crippen LogP contribution in [0.2, 0.25) is 0 Å². The summed E-state index contributed by atoms with van der Waals surface area (Å²) in [5, 5.41) is 0. The van der Waals surface area contributed by atoms with E-state index in [0.29, 0.717) is 30.9 Å². The lowest BCUT2D eigenvalue weighted by molar-refractivity contribution is -0.152. The summed E-state index contributed by atoms with van der Waals surface area (Å²) < 4.78 is 10.8. The number of hydrogen-bond donors (Lipinski definition) is 0. The van der Waals surface area contributed by atoms with Crippen LogP contribution in [0.15, 0.2) is 12.1 Å². The number of pyridine rings is 1. The molecule has 1 amide bonds. The second-order valence-corrected chi connectivity index (χ2v) is 10.6. The lowest BCUT2D eigenvalue weighted by atomic mass is 9.72. The molecule has 0 saturated heterocycles. The number of carbonyl (C=O) groups is 2. The van der Waals surface area contributed by atoms with Gasteiger partial charge in [0.2, 0.25) is 0 Å². The molecule has 1 aliphatic carbocycles. The first-order valence-electron chi connectivity index (χ1n) is 11.7. The van der Waals surface area contributed by atoms with Crippen LogP contribution in [0.3, 0.4) is 0 Å². The molecule has 2 aliphatic rings. The fourth-order valence-corrected chi connectivity index (χ4v) is 4.70. The normalized spacial score (nSPS) is 23.2. The van der Waals surface area contributed by atoms with Crippen molar-refractivity contribution in [1.29, 1.82) is 0 Å². The molecule has 31 heavy (non-hydrogen) atoms. The molecule has 0 spiro atoms. The Morgan fingerprint density at radius 2 is 1.90 bits per heavy atom. The zero-order valence-electron chi connectivity index (χ0n) is 19.9. The van der Waals surface area contributed by atoms with E-state index < -0.39 is 5.60 Å². The third-order valence-corrected chi connectivity index (χ3v) is 5.99. The standard InChI is InChI=1S/C25H38N2O4/c1-7-30-23(28)20-11-17(12-20)14-21-9-8-19-13-18(10-16(2)3)15-27(22(19)26-21)24(29)31-25(4,5)6/h8-9,16-18,20H,7,10-15H2,1-6H3. The van der Waals surface area contributed by atoms with E-state index in [-0.39, 0.29) is 18.0 Å². The molecule has 6 heteroatoms. The van der Waals surface area contributed by atoms with Crippen LogP contribution in [0.4, 0.5) is 10.6 Å². The summed E-state index contributed by atoms with van der Waals surface area (Å²) in [4.78, 5) is 31.5. The molecule has 0 N–H and O–H groups in total. The monoisotopic (exact) mass is 430 g/mol. The summed E-state index contributed by atoms with van der Waals surface area (Å²) in [6.45, 7) is 13.0. The van der Waals surface area contributed by atoms with Crippen LogP contribution >= 0.6 is 0 Å². The van der Waals surface area contributed by atoms with Crippen molar-refractivity contribution < 1.29 is 19.1 Å². The molecule has 1 fully saturated rings. The number of anilines is 1. The predicted molar refractivity (Wildman–Crippen MR) is 121 cm³/mol. The third-order valence-electron chi connectivity index (χ3n) is 5.99. The number of esters is 1. The summed E-state index contributed by atoms with van der Waals surface area (Å²) in [5.74, 6) is 2.11. The molecule has 1 saturated carbocycles. The molecular formula is C25H38N2O4. The van der Waals surface area contributed by atoms with Gasteiger partial charge in [-0.25, -0.2) is 9.78 Å². The summed E-state index contributed by atoms with van der Waals surface area (Å²) >= 11 is 0. The number of amides is 1. The van der Waals surface area contributed by atoms with Crippen LogP contribution in [0, 0.1) is 23.7 Å². The molecule has 2 heterocycles. The first-order valence-corrected chi connectivity index (χ1v) is 11.7. The highest BCUT2D eigenvalue weighted by molar-refractivity contribution is 5.88. The number of aromatic nitrogens is 1. The van der Waals surface area contributed by atoms with Gasteiger partial charge in [-0.05, 0) is 89.2 Å². The number of fused-ring (bicyclic) bond motifs is 1. The maximum Gasteiger partial charge on any atom is 0.416 e. The van der Waals surface area contributed by atoms with Crippen molar-refractivity contribution in [3.8, 4) is 0 Å². The van der Waals surface area contributed by atoms with Crippen LogP contribution in [0.1, 0.15) is 72.1 Å². The molecule has 1 aliphatic heterocycles. The van der Waals surface area contributed by atoms with Gasteiger partial charge in [0.1, 0.15) is 11.4 Å². The van der Waals surface area contributed by atoms with Crippen LogP contribution in [0.25, 0.3) is 0 Å². The molecule has 1 unspecified atom stereocenters. The van der Waals surface area contributed by atoms with Gasteiger partial charge < -0.3 is 9.47 Å². The van der Waals surface area contributed by atoms with Gasteiger partial charge in [-0.2, -0.15) is 0 Å². The number of rotatable bonds is 6. The Kier molecular flexibility index (Phi) is 7.28. The van der Waals surface area contributed by atoms with Gasteiger partial charge in [-0.3, -0.25) is 9.69 Å². The summed E-state index contributed by atoms with van der Waals surface area (Å²) in [7, 11) is 0. The smallest absolute Gasteiger partial charge is 0.416 e.